The molecule has 0 aliphatic carbocycles. The van der Waals surface area contributed by atoms with Gasteiger partial charge in [-0.25, -0.2) is 0 Å². The number of nitrogens with one attached hydrogen (secondary N) is 1. The maximum atomic E-state index is 5.83. The van der Waals surface area contributed by atoms with Gasteiger partial charge in [-0.2, -0.15) is 0 Å². The first kappa shape index (κ1) is 15.9. The summed E-state index contributed by atoms with van der Waals surface area (Å²) in [7, 11) is 0. The molecule has 2 nitrogen and oxygen atoms in total. The van der Waals surface area contributed by atoms with Gasteiger partial charge in [0.25, 0.3) is 0 Å². The van der Waals surface area contributed by atoms with E-state index in [0.29, 0.717) is 0 Å². The second kappa shape index (κ2) is 6.52. The van der Waals surface area contributed by atoms with E-state index in [1.54, 1.807) is 0 Å². The van der Waals surface area contributed by atoms with Crippen LogP contribution in [-0.2, 0) is 12.0 Å². The summed E-state index contributed by atoms with van der Waals surface area (Å²) in [4.78, 5) is 2.77. The lowest BCUT2D eigenvalue weighted by Gasteiger charge is -2.16. The van der Waals surface area contributed by atoms with E-state index in [-0.39, 0.29) is 11.5 Å². The van der Waals surface area contributed by atoms with Crippen molar-refractivity contribution in [1.82, 2.24) is 0 Å². The maximum absolute atomic E-state index is 5.83. The molecule has 0 bridgehead atoms. The van der Waals surface area contributed by atoms with Crippen molar-refractivity contribution in [3.8, 4) is 5.75 Å². The lowest BCUT2D eigenvalue weighted by molar-refractivity contribution is 0.243. The van der Waals surface area contributed by atoms with Gasteiger partial charge in [-0.3, -0.25) is 0 Å². The molecule has 0 unspecified atom stereocenters. The van der Waals surface area contributed by atoms with Crippen LogP contribution in [0.4, 0.5) is 5.69 Å². The summed E-state index contributed by atoms with van der Waals surface area (Å²) in [6, 6.07) is 12.6. The Bertz CT molecular complexity index is 581. The SMILES string of the molecule is CC(C)Oc1ccccc1NCc1ccc(C(C)(C)C)s1. The number of benzene rings is 1. The molecule has 2 aromatic rings. The molecule has 3 heteroatoms. The average Bonchev–Trinajstić information content (AvgIpc) is 2.86. The van der Waals surface area contributed by atoms with Gasteiger partial charge in [0.15, 0.2) is 0 Å². The fourth-order valence-electron chi connectivity index (χ4n) is 2.03. The Hall–Kier alpha value is -1.48. The minimum atomic E-state index is 0.183. The molecule has 0 fully saturated rings. The molecule has 21 heavy (non-hydrogen) atoms. The van der Waals surface area contributed by atoms with E-state index in [9.17, 15) is 0 Å². The summed E-state index contributed by atoms with van der Waals surface area (Å²) in [5.41, 5.74) is 1.28. The number of thiophene rings is 1. The highest BCUT2D eigenvalue weighted by molar-refractivity contribution is 7.12. The Morgan fingerprint density at radius 1 is 1.10 bits per heavy atom. The van der Waals surface area contributed by atoms with Crippen LogP contribution in [0.2, 0.25) is 0 Å². The molecule has 0 saturated heterocycles. The molecule has 0 saturated carbocycles. The van der Waals surface area contributed by atoms with E-state index in [1.165, 1.54) is 9.75 Å². The molecular formula is C18H25NOS. The van der Waals surface area contributed by atoms with Crippen LogP contribution in [0.15, 0.2) is 36.4 Å². The van der Waals surface area contributed by atoms with E-state index in [2.05, 4.69) is 44.3 Å². The Morgan fingerprint density at radius 3 is 2.43 bits per heavy atom. The Labute approximate surface area is 132 Å². The number of anilines is 1. The number of ether oxygens (including phenoxy) is 1. The smallest absolute Gasteiger partial charge is 0.142 e. The van der Waals surface area contributed by atoms with Crippen molar-refractivity contribution in [3.05, 3.63) is 46.2 Å². The summed E-state index contributed by atoms with van der Waals surface area (Å²) in [5, 5.41) is 3.49. The molecule has 0 atom stereocenters. The van der Waals surface area contributed by atoms with Crippen LogP contribution >= 0.6 is 11.3 Å². The summed E-state index contributed by atoms with van der Waals surface area (Å²) in [5.74, 6) is 0.917. The Morgan fingerprint density at radius 2 is 1.81 bits per heavy atom. The second-order valence-corrected chi connectivity index (χ2v) is 7.70. The second-order valence-electron chi connectivity index (χ2n) is 6.53. The zero-order chi connectivity index (χ0) is 15.5. The van der Waals surface area contributed by atoms with Gasteiger partial charge < -0.3 is 10.1 Å². The monoisotopic (exact) mass is 303 g/mol. The van der Waals surface area contributed by atoms with E-state index >= 15 is 0 Å². The largest absolute Gasteiger partial charge is 0.489 e. The maximum Gasteiger partial charge on any atom is 0.142 e. The summed E-state index contributed by atoms with van der Waals surface area (Å²) < 4.78 is 5.83. The van der Waals surface area contributed by atoms with E-state index in [1.807, 2.05) is 43.4 Å². The first-order chi connectivity index (χ1) is 9.86. The third-order valence-corrected chi connectivity index (χ3v) is 4.61. The zero-order valence-corrected chi connectivity index (χ0v) is 14.4. The molecular weight excluding hydrogens is 278 g/mol. The molecule has 0 aliphatic rings. The molecule has 0 spiro atoms. The summed E-state index contributed by atoms with van der Waals surface area (Å²) in [6.07, 6.45) is 0.183. The van der Waals surface area contributed by atoms with Gasteiger partial charge in [0.05, 0.1) is 11.8 Å². The minimum Gasteiger partial charge on any atom is -0.489 e. The lowest BCUT2D eigenvalue weighted by Crippen LogP contribution is -2.08. The molecule has 2 rings (SSSR count). The molecule has 1 aromatic carbocycles. The van der Waals surface area contributed by atoms with E-state index in [0.717, 1.165) is 18.0 Å². The van der Waals surface area contributed by atoms with Gasteiger partial charge in [-0.15, -0.1) is 11.3 Å². The highest BCUT2D eigenvalue weighted by Crippen LogP contribution is 2.31. The summed E-state index contributed by atoms with van der Waals surface area (Å²) in [6.45, 7) is 11.7. The van der Waals surface area contributed by atoms with Crippen LogP contribution in [-0.4, -0.2) is 6.10 Å². The number of rotatable bonds is 5. The predicted octanol–water partition coefficient (Wildman–Crippen LogP) is 5.44. The number of para-hydroxylation sites is 2. The van der Waals surface area contributed by atoms with Crippen molar-refractivity contribution < 1.29 is 4.74 Å². The van der Waals surface area contributed by atoms with Crippen LogP contribution in [0, 0.1) is 0 Å². The van der Waals surface area contributed by atoms with Gasteiger partial charge in [0, 0.05) is 16.3 Å². The standard InChI is InChI=1S/C18H25NOS/c1-13(2)20-16-9-7-6-8-15(16)19-12-14-10-11-17(21-14)18(3,4)5/h6-11,13,19H,12H2,1-5H3. The van der Waals surface area contributed by atoms with Crippen LogP contribution < -0.4 is 10.1 Å². The van der Waals surface area contributed by atoms with Crippen molar-refractivity contribution >= 4 is 17.0 Å². The molecule has 0 amide bonds. The Balaban J connectivity index is 2.05. The van der Waals surface area contributed by atoms with Crippen LogP contribution in [0.25, 0.3) is 0 Å². The molecule has 1 N–H and O–H groups in total. The first-order valence-electron chi connectivity index (χ1n) is 7.45. The van der Waals surface area contributed by atoms with Gasteiger partial charge >= 0.3 is 0 Å². The third kappa shape index (κ3) is 4.50. The normalized spacial score (nSPS) is 11.7. The average molecular weight is 303 g/mol. The van der Waals surface area contributed by atoms with Gasteiger partial charge in [-0.05, 0) is 43.5 Å². The van der Waals surface area contributed by atoms with Crippen molar-refractivity contribution in [2.24, 2.45) is 0 Å². The molecule has 114 valence electrons. The Kier molecular flexibility index (Phi) is 4.94. The van der Waals surface area contributed by atoms with Crippen molar-refractivity contribution in [2.45, 2.75) is 52.7 Å². The zero-order valence-electron chi connectivity index (χ0n) is 13.6. The van der Waals surface area contributed by atoms with Crippen LogP contribution in [0.3, 0.4) is 0 Å². The quantitative estimate of drug-likeness (QED) is 0.793. The van der Waals surface area contributed by atoms with Crippen molar-refractivity contribution in [3.63, 3.8) is 0 Å². The molecule has 0 aliphatic heterocycles. The topological polar surface area (TPSA) is 21.3 Å². The number of hydrogen-bond acceptors (Lipinski definition) is 3. The summed E-state index contributed by atoms with van der Waals surface area (Å²) >= 11 is 1.88. The van der Waals surface area contributed by atoms with Crippen molar-refractivity contribution in [1.29, 1.82) is 0 Å². The fourth-order valence-corrected chi connectivity index (χ4v) is 3.03. The fraction of sp³-hybridized carbons (Fsp3) is 0.444. The van der Waals surface area contributed by atoms with Gasteiger partial charge in [0.1, 0.15) is 5.75 Å². The molecule has 0 radical (unpaired) electrons. The van der Waals surface area contributed by atoms with Crippen LogP contribution in [0.1, 0.15) is 44.4 Å². The molecule has 1 aromatic heterocycles. The highest BCUT2D eigenvalue weighted by Gasteiger charge is 2.16. The van der Waals surface area contributed by atoms with E-state index in [4.69, 9.17) is 4.74 Å². The van der Waals surface area contributed by atoms with Gasteiger partial charge in [0.2, 0.25) is 0 Å². The first-order valence-corrected chi connectivity index (χ1v) is 8.26. The third-order valence-electron chi connectivity index (χ3n) is 3.10. The highest BCUT2D eigenvalue weighted by atomic mass is 32.1. The van der Waals surface area contributed by atoms with Crippen LogP contribution in [0.5, 0.6) is 5.75 Å². The minimum absolute atomic E-state index is 0.183. The molecule has 1 heterocycles. The predicted molar refractivity (Wildman–Crippen MR) is 92.6 cm³/mol. The number of hydrogen-bond donors (Lipinski definition) is 1. The van der Waals surface area contributed by atoms with E-state index < -0.39 is 0 Å². The van der Waals surface area contributed by atoms with Crippen molar-refractivity contribution in [2.75, 3.05) is 5.32 Å². The lowest BCUT2D eigenvalue weighted by atomic mass is 9.95. The van der Waals surface area contributed by atoms with Gasteiger partial charge in [-0.1, -0.05) is 32.9 Å².